The molecule has 0 spiro atoms. The van der Waals surface area contributed by atoms with Crippen LogP contribution in [0.3, 0.4) is 0 Å². The number of carbonyl (C=O) groups is 3. The van der Waals surface area contributed by atoms with E-state index in [1.807, 2.05) is 32.0 Å². The number of halogens is 2. The van der Waals surface area contributed by atoms with Crippen LogP contribution in [0, 0.1) is 13.8 Å². The number of benzene rings is 3. The number of rotatable bonds is 8. The Balaban J connectivity index is 1.43. The molecule has 10 heteroatoms. The third kappa shape index (κ3) is 6.32. The van der Waals surface area contributed by atoms with E-state index in [9.17, 15) is 14.4 Å². The Morgan fingerprint density at radius 3 is 2.58 bits per heavy atom. The first kappa shape index (κ1) is 27.6. The minimum Gasteiger partial charge on any atom is -0.493 e. The second kappa shape index (κ2) is 11.9. The summed E-state index contributed by atoms with van der Waals surface area (Å²) in [6, 6.07) is 15.6. The normalized spacial score (nSPS) is 14.2. The van der Waals surface area contributed by atoms with E-state index in [1.54, 1.807) is 42.5 Å². The second-order valence-corrected chi connectivity index (χ2v) is 10.3. The highest BCUT2D eigenvalue weighted by atomic mass is 35.5. The highest BCUT2D eigenvalue weighted by molar-refractivity contribution is 8.18. The fourth-order valence-electron chi connectivity index (χ4n) is 3.72. The molecule has 0 atom stereocenters. The molecule has 1 heterocycles. The predicted octanol–water partition coefficient (Wildman–Crippen LogP) is 6.87. The van der Waals surface area contributed by atoms with Crippen LogP contribution in [-0.2, 0) is 16.1 Å². The van der Waals surface area contributed by atoms with Crippen LogP contribution in [0.15, 0.2) is 59.5 Å². The van der Waals surface area contributed by atoms with Gasteiger partial charge in [0.05, 0.1) is 18.6 Å². The average molecular weight is 571 g/mol. The van der Waals surface area contributed by atoms with Gasteiger partial charge in [0.1, 0.15) is 0 Å². The van der Waals surface area contributed by atoms with Crippen LogP contribution in [0.2, 0.25) is 10.0 Å². The summed E-state index contributed by atoms with van der Waals surface area (Å²) in [6.45, 7) is 3.74. The Bertz CT molecular complexity index is 1460. The van der Waals surface area contributed by atoms with Gasteiger partial charge in [0.2, 0.25) is 0 Å². The molecule has 0 aromatic heterocycles. The maximum absolute atomic E-state index is 12.9. The molecule has 1 aliphatic rings. The lowest BCUT2D eigenvalue weighted by Gasteiger charge is -2.14. The van der Waals surface area contributed by atoms with Crippen LogP contribution < -0.4 is 14.8 Å². The first-order chi connectivity index (χ1) is 18.2. The number of methoxy groups -OCH3 is 1. The molecule has 0 radical (unpaired) electrons. The van der Waals surface area contributed by atoms with Crippen LogP contribution in [0.5, 0.6) is 11.5 Å². The van der Waals surface area contributed by atoms with E-state index < -0.39 is 11.1 Å². The van der Waals surface area contributed by atoms with Gasteiger partial charge in [-0.05, 0) is 84.3 Å². The molecule has 0 saturated carbocycles. The van der Waals surface area contributed by atoms with Crippen molar-refractivity contribution in [3.63, 3.8) is 0 Å². The molecular weight excluding hydrogens is 547 g/mol. The van der Waals surface area contributed by atoms with Gasteiger partial charge in [-0.1, -0.05) is 47.5 Å². The molecule has 3 aromatic carbocycles. The van der Waals surface area contributed by atoms with Gasteiger partial charge < -0.3 is 14.8 Å². The number of hydrogen-bond donors (Lipinski definition) is 1. The van der Waals surface area contributed by atoms with Crippen molar-refractivity contribution in [2.45, 2.75) is 20.4 Å². The predicted molar refractivity (Wildman–Crippen MR) is 151 cm³/mol. The molecule has 3 amide bonds. The van der Waals surface area contributed by atoms with Gasteiger partial charge in [-0.3, -0.25) is 19.3 Å². The molecule has 38 heavy (non-hydrogen) atoms. The standard InChI is InChI=1S/C28H24Cl2N2O5S/c1-16-5-4-6-22(17(16)2)31-26(33)15-37-23-10-7-18(11-24(23)36-3)12-25-27(34)32(28(35)38-25)14-19-8-9-20(29)13-21(19)30/h4-13H,14-15H2,1-3H3,(H,31,33)/b25-12-. The minimum absolute atomic E-state index is 0.0399. The second-order valence-electron chi connectivity index (χ2n) is 8.50. The average Bonchev–Trinajstić information content (AvgIpc) is 3.14. The van der Waals surface area contributed by atoms with E-state index in [0.29, 0.717) is 32.7 Å². The van der Waals surface area contributed by atoms with Gasteiger partial charge in [0.25, 0.3) is 17.1 Å². The molecule has 1 saturated heterocycles. The van der Waals surface area contributed by atoms with Gasteiger partial charge in [-0.15, -0.1) is 0 Å². The summed E-state index contributed by atoms with van der Waals surface area (Å²) in [6.07, 6.45) is 1.61. The number of amides is 3. The summed E-state index contributed by atoms with van der Waals surface area (Å²) in [5.74, 6) is 0.0180. The van der Waals surface area contributed by atoms with Crippen LogP contribution in [-0.4, -0.2) is 35.7 Å². The van der Waals surface area contributed by atoms with Crippen molar-refractivity contribution in [2.24, 2.45) is 0 Å². The Hall–Kier alpha value is -3.46. The molecule has 196 valence electrons. The lowest BCUT2D eigenvalue weighted by Crippen LogP contribution is -2.27. The molecule has 0 bridgehead atoms. The monoisotopic (exact) mass is 570 g/mol. The zero-order valence-electron chi connectivity index (χ0n) is 20.8. The number of aryl methyl sites for hydroxylation is 1. The van der Waals surface area contributed by atoms with Gasteiger partial charge in [0, 0.05) is 15.7 Å². The molecule has 7 nitrogen and oxygen atoms in total. The summed E-state index contributed by atoms with van der Waals surface area (Å²) in [7, 11) is 1.48. The van der Waals surface area contributed by atoms with Gasteiger partial charge in [-0.25, -0.2) is 0 Å². The van der Waals surface area contributed by atoms with E-state index in [-0.39, 0.29) is 24.0 Å². The Morgan fingerprint density at radius 1 is 1.05 bits per heavy atom. The van der Waals surface area contributed by atoms with Crippen LogP contribution in [0.1, 0.15) is 22.3 Å². The van der Waals surface area contributed by atoms with Gasteiger partial charge in [0.15, 0.2) is 18.1 Å². The molecule has 0 unspecified atom stereocenters. The molecule has 4 rings (SSSR count). The molecule has 1 aliphatic heterocycles. The number of carbonyl (C=O) groups excluding carboxylic acids is 3. The fourth-order valence-corrected chi connectivity index (χ4v) is 5.02. The fraction of sp³-hybridized carbons (Fsp3) is 0.179. The van der Waals surface area contributed by atoms with Crippen molar-refractivity contribution < 1.29 is 23.9 Å². The zero-order valence-corrected chi connectivity index (χ0v) is 23.2. The smallest absolute Gasteiger partial charge is 0.293 e. The van der Waals surface area contributed by atoms with E-state index >= 15 is 0 Å². The van der Waals surface area contributed by atoms with E-state index in [1.165, 1.54) is 7.11 Å². The van der Waals surface area contributed by atoms with Crippen molar-refractivity contribution >= 4 is 63.8 Å². The first-order valence-corrected chi connectivity index (χ1v) is 13.1. The van der Waals surface area contributed by atoms with Crippen molar-refractivity contribution in [3.05, 3.63) is 91.8 Å². The van der Waals surface area contributed by atoms with Crippen LogP contribution >= 0.6 is 35.0 Å². The first-order valence-electron chi connectivity index (χ1n) is 11.5. The Labute approximate surface area is 234 Å². The number of thioether (sulfide) groups is 1. The summed E-state index contributed by atoms with van der Waals surface area (Å²) in [5.41, 5.74) is 4.04. The molecular formula is C28H24Cl2N2O5S. The number of imide groups is 1. The Kier molecular flexibility index (Phi) is 8.66. The molecule has 3 aromatic rings. The largest absolute Gasteiger partial charge is 0.493 e. The molecule has 1 N–H and O–H groups in total. The number of ether oxygens (including phenoxy) is 2. The van der Waals surface area contributed by atoms with Crippen LogP contribution in [0.25, 0.3) is 6.08 Å². The minimum atomic E-state index is -0.423. The van der Waals surface area contributed by atoms with Crippen molar-refractivity contribution in [1.29, 1.82) is 0 Å². The lowest BCUT2D eigenvalue weighted by molar-refractivity contribution is -0.123. The zero-order chi connectivity index (χ0) is 27.4. The number of nitrogens with one attached hydrogen (secondary N) is 1. The van der Waals surface area contributed by atoms with E-state index in [4.69, 9.17) is 32.7 Å². The number of anilines is 1. The maximum atomic E-state index is 12.9. The highest BCUT2D eigenvalue weighted by Gasteiger charge is 2.35. The van der Waals surface area contributed by atoms with E-state index in [0.717, 1.165) is 33.5 Å². The van der Waals surface area contributed by atoms with Crippen molar-refractivity contribution in [1.82, 2.24) is 4.90 Å². The number of nitrogens with zero attached hydrogens (tertiary/aromatic N) is 1. The molecule has 1 fully saturated rings. The third-order valence-corrected chi connectivity index (χ3v) is 7.43. The summed E-state index contributed by atoms with van der Waals surface area (Å²) >= 11 is 13.0. The SMILES string of the molecule is COc1cc(/C=C2\SC(=O)N(Cc3ccc(Cl)cc3Cl)C2=O)ccc1OCC(=O)Nc1cccc(C)c1C. The lowest BCUT2D eigenvalue weighted by atomic mass is 10.1. The van der Waals surface area contributed by atoms with Gasteiger partial charge in [-0.2, -0.15) is 0 Å². The highest BCUT2D eigenvalue weighted by Crippen LogP contribution is 2.36. The quantitative estimate of drug-likeness (QED) is 0.297. The van der Waals surface area contributed by atoms with Gasteiger partial charge >= 0.3 is 0 Å². The third-order valence-electron chi connectivity index (χ3n) is 5.94. The van der Waals surface area contributed by atoms with Crippen LogP contribution in [0.4, 0.5) is 10.5 Å². The summed E-state index contributed by atoms with van der Waals surface area (Å²) in [4.78, 5) is 39.3. The topological polar surface area (TPSA) is 84.9 Å². The summed E-state index contributed by atoms with van der Waals surface area (Å²) in [5, 5.41) is 3.30. The van der Waals surface area contributed by atoms with E-state index in [2.05, 4.69) is 5.32 Å². The molecule has 0 aliphatic carbocycles. The summed E-state index contributed by atoms with van der Waals surface area (Å²) < 4.78 is 11.1. The number of hydrogen-bond acceptors (Lipinski definition) is 6. The Morgan fingerprint density at radius 2 is 1.84 bits per heavy atom. The van der Waals surface area contributed by atoms with Crippen molar-refractivity contribution in [3.8, 4) is 11.5 Å². The van der Waals surface area contributed by atoms with Crippen molar-refractivity contribution in [2.75, 3.05) is 19.0 Å². The maximum Gasteiger partial charge on any atom is 0.293 e.